The van der Waals surface area contributed by atoms with Crippen LogP contribution in [0.25, 0.3) is 0 Å². The summed E-state index contributed by atoms with van der Waals surface area (Å²) in [5.41, 5.74) is 7.70. The number of hydrogen-bond acceptors (Lipinski definition) is 4. The number of nitrogens with zero attached hydrogens (tertiary/aromatic N) is 2. The van der Waals surface area contributed by atoms with Crippen LogP contribution in [0.3, 0.4) is 0 Å². The fraction of sp³-hybridized carbons (Fsp3) is 0.583. The first kappa shape index (κ1) is 11.2. The minimum Gasteiger partial charge on any atom is -0.398 e. The summed E-state index contributed by atoms with van der Waals surface area (Å²) in [7, 11) is 2.16. The van der Waals surface area contributed by atoms with Crippen molar-refractivity contribution in [3.63, 3.8) is 0 Å². The summed E-state index contributed by atoms with van der Waals surface area (Å²) in [6.45, 7) is 4.25. The Morgan fingerprint density at radius 2 is 2.38 bits per heavy atom. The number of anilines is 2. The Hall–Kier alpha value is -1.29. The second-order valence-electron chi connectivity index (χ2n) is 4.67. The van der Waals surface area contributed by atoms with E-state index in [9.17, 15) is 0 Å². The molecule has 16 heavy (non-hydrogen) atoms. The zero-order valence-electron chi connectivity index (χ0n) is 10.0. The predicted octanol–water partition coefficient (Wildman–Crippen LogP) is 1.48. The summed E-state index contributed by atoms with van der Waals surface area (Å²) in [5, 5.41) is 3.45. The molecule has 1 saturated heterocycles. The SMILES string of the molecule is Cc1cnc(NC2CCCN(C)C2)cc1N. The molecule has 4 heteroatoms. The fourth-order valence-electron chi connectivity index (χ4n) is 2.11. The number of hydrogen-bond donors (Lipinski definition) is 2. The molecule has 0 aromatic carbocycles. The lowest BCUT2D eigenvalue weighted by molar-refractivity contribution is 0.261. The van der Waals surface area contributed by atoms with Crippen molar-refractivity contribution < 1.29 is 0 Å². The third kappa shape index (κ3) is 2.64. The molecule has 0 spiro atoms. The quantitative estimate of drug-likeness (QED) is 0.792. The Kier molecular flexibility index (Phi) is 3.29. The molecule has 1 aliphatic heterocycles. The molecule has 3 N–H and O–H groups in total. The number of likely N-dealkylation sites (N-methyl/N-ethyl adjacent to an activating group) is 1. The topological polar surface area (TPSA) is 54.2 Å². The normalized spacial score (nSPS) is 22.0. The molecule has 2 heterocycles. The van der Waals surface area contributed by atoms with Crippen LogP contribution in [0.4, 0.5) is 11.5 Å². The van der Waals surface area contributed by atoms with Gasteiger partial charge >= 0.3 is 0 Å². The Morgan fingerprint density at radius 3 is 3.06 bits per heavy atom. The first-order chi connectivity index (χ1) is 7.65. The van der Waals surface area contributed by atoms with E-state index in [2.05, 4.69) is 22.2 Å². The Morgan fingerprint density at radius 1 is 1.56 bits per heavy atom. The second-order valence-corrected chi connectivity index (χ2v) is 4.67. The minimum absolute atomic E-state index is 0.494. The summed E-state index contributed by atoms with van der Waals surface area (Å²) < 4.78 is 0. The van der Waals surface area contributed by atoms with Crippen LogP contribution in [0.15, 0.2) is 12.3 Å². The van der Waals surface area contributed by atoms with Gasteiger partial charge in [0.15, 0.2) is 0 Å². The number of nitrogens with one attached hydrogen (secondary N) is 1. The molecule has 1 aromatic rings. The van der Waals surface area contributed by atoms with Crippen molar-refractivity contribution >= 4 is 11.5 Å². The van der Waals surface area contributed by atoms with E-state index in [0.717, 1.165) is 23.6 Å². The van der Waals surface area contributed by atoms with E-state index in [1.807, 2.05) is 19.2 Å². The maximum atomic E-state index is 5.86. The number of rotatable bonds is 2. The first-order valence-electron chi connectivity index (χ1n) is 5.82. The number of nitrogens with two attached hydrogens (primary N) is 1. The van der Waals surface area contributed by atoms with Crippen LogP contribution >= 0.6 is 0 Å². The molecule has 1 fully saturated rings. The molecule has 0 amide bonds. The van der Waals surface area contributed by atoms with Crippen LogP contribution in [-0.2, 0) is 0 Å². The molecule has 0 radical (unpaired) electrons. The fourth-order valence-corrected chi connectivity index (χ4v) is 2.11. The van der Waals surface area contributed by atoms with Crippen molar-refractivity contribution in [3.8, 4) is 0 Å². The lowest BCUT2D eigenvalue weighted by atomic mass is 10.1. The molecule has 1 aliphatic rings. The van der Waals surface area contributed by atoms with Crippen molar-refractivity contribution in [3.05, 3.63) is 17.8 Å². The van der Waals surface area contributed by atoms with Gasteiger partial charge in [0.25, 0.3) is 0 Å². The van der Waals surface area contributed by atoms with E-state index in [1.54, 1.807) is 0 Å². The van der Waals surface area contributed by atoms with Gasteiger partial charge in [-0.2, -0.15) is 0 Å². The van der Waals surface area contributed by atoms with Crippen LogP contribution in [0.1, 0.15) is 18.4 Å². The maximum Gasteiger partial charge on any atom is 0.128 e. The number of nitrogen functional groups attached to an aromatic ring is 1. The van der Waals surface area contributed by atoms with Gasteiger partial charge in [-0.3, -0.25) is 0 Å². The molecule has 0 bridgehead atoms. The van der Waals surface area contributed by atoms with E-state index in [-0.39, 0.29) is 0 Å². The van der Waals surface area contributed by atoms with Gasteiger partial charge in [0.2, 0.25) is 0 Å². The van der Waals surface area contributed by atoms with E-state index in [0.29, 0.717) is 6.04 Å². The zero-order valence-corrected chi connectivity index (χ0v) is 10.0. The molecule has 2 rings (SSSR count). The molecule has 88 valence electrons. The lowest BCUT2D eigenvalue weighted by Crippen LogP contribution is -2.39. The number of aromatic nitrogens is 1. The van der Waals surface area contributed by atoms with E-state index in [4.69, 9.17) is 5.73 Å². The van der Waals surface area contributed by atoms with Gasteiger partial charge in [-0.05, 0) is 38.9 Å². The molecule has 4 nitrogen and oxygen atoms in total. The molecule has 1 aromatic heterocycles. The van der Waals surface area contributed by atoms with Crippen LogP contribution in [0.2, 0.25) is 0 Å². The first-order valence-corrected chi connectivity index (χ1v) is 5.82. The van der Waals surface area contributed by atoms with Gasteiger partial charge in [0, 0.05) is 30.5 Å². The summed E-state index contributed by atoms with van der Waals surface area (Å²) in [6, 6.07) is 2.41. The Balaban J connectivity index is 2.00. The molecular weight excluding hydrogens is 200 g/mol. The number of aryl methyl sites for hydroxylation is 1. The highest BCUT2D eigenvalue weighted by atomic mass is 15.1. The van der Waals surface area contributed by atoms with Crippen LogP contribution in [0.5, 0.6) is 0 Å². The van der Waals surface area contributed by atoms with Gasteiger partial charge < -0.3 is 16.0 Å². The third-order valence-corrected chi connectivity index (χ3v) is 3.12. The standard InChI is InChI=1S/C12H20N4/c1-9-7-14-12(6-11(9)13)15-10-4-3-5-16(2)8-10/h6-7,10H,3-5,8H2,1-2H3,(H3,13,14,15). The summed E-state index contributed by atoms with van der Waals surface area (Å²) in [4.78, 5) is 6.69. The molecule has 1 atom stereocenters. The van der Waals surface area contributed by atoms with Gasteiger partial charge in [-0.15, -0.1) is 0 Å². The molecule has 1 unspecified atom stereocenters. The van der Waals surface area contributed by atoms with E-state index in [1.165, 1.54) is 19.4 Å². The molecule has 0 saturated carbocycles. The highest BCUT2D eigenvalue weighted by Crippen LogP contribution is 2.17. The van der Waals surface area contributed by atoms with Gasteiger partial charge in [0.1, 0.15) is 5.82 Å². The van der Waals surface area contributed by atoms with E-state index < -0.39 is 0 Å². The molecular formula is C12H20N4. The van der Waals surface area contributed by atoms with Gasteiger partial charge in [-0.25, -0.2) is 4.98 Å². The molecule has 0 aliphatic carbocycles. The smallest absolute Gasteiger partial charge is 0.128 e. The Labute approximate surface area is 96.8 Å². The maximum absolute atomic E-state index is 5.86. The average molecular weight is 220 g/mol. The van der Waals surface area contributed by atoms with Crippen molar-refractivity contribution in [2.24, 2.45) is 0 Å². The minimum atomic E-state index is 0.494. The van der Waals surface area contributed by atoms with Crippen molar-refractivity contribution in [2.75, 3.05) is 31.2 Å². The van der Waals surface area contributed by atoms with Crippen LogP contribution < -0.4 is 11.1 Å². The Bertz CT molecular complexity index is 364. The largest absolute Gasteiger partial charge is 0.398 e. The second kappa shape index (κ2) is 4.70. The van der Waals surface area contributed by atoms with Crippen molar-refractivity contribution in [2.45, 2.75) is 25.8 Å². The predicted molar refractivity (Wildman–Crippen MR) is 67.5 cm³/mol. The monoisotopic (exact) mass is 220 g/mol. The lowest BCUT2D eigenvalue weighted by Gasteiger charge is -2.30. The summed E-state index contributed by atoms with van der Waals surface area (Å²) >= 11 is 0. The third-order valence-electron chi connectivity index (χ3n) is 3.12. The van der Waals surface area contributed by atoms with Crippen molar-refractivity contribution in [1.82, 2.24) is 9.88 Å². The highest BCUT2D eigenvalue weighted by molar-refractivity contribution is 5.53. The number of pyridine rings is 1. The summed E-state index contributed by atoms with van der Waals surface area (Å²) in [5.74, 6) is 0.892. The van der Waals surface area contributed by atoms with Crippen LogP contribution in [-0.4, -0.2) is 36.1 Å². The van der Waals surface area contributed by atoms with Crippen LogP contribution in [0, 0.1) is 6.92 Å². The highest BCUT2D eigenvalue weighted by Gasteiger charge is 2.17. The van der Waals surface area contributed by atoms with E-state index >= 15 is 0 Å². The van der Waals surface area contributed by atoms with Gasteiger partial charge in [-0.1, -0.05) is 0 Å². The zero-order chi connectivity index (χ0) is 11.5. The average Bonchev–Trinajstić information content (AvgIpc) is 2.24. The number of likely N-dealkylation sites (tertiary alicyclic amines) is 1. The number of piperidine rings is 1. The summed E-state index contributed by atoms with van der Waals surface area (Å²) in [6.07, 6.45) is 4.28. The van der Waals surface area contributed by atoms with Gasteiger partial charge in [0.05, 0.1) is 0 Å². The van der Waals surface area contributed by atoms with Crippen molar-refractivity contribution in [1.29, 1.82) is 0 Å².